The zero-order chi connectivity index (χ0) is 21.2. The van der Waals surface area contributed by atoms with E-state index in [-0.39, 0.29) is 12.5 Å². The molecular formula is C24H25N3O3. The predicted octanol–water partition coefficient (Wildman–Crippen LogP) is 4.14. The van der Waals surface area contributed by atoms with Crippen LogP contribution in [0.15, 0.2) is 77.9 Å². The van der Waals surface area contributed by atoms with Crippen molar-refractivity contribution in [2.24, 2.45) is 5.10 Å². The summed E-state index contributed by atoms with van der Waals surface area (Å²) in [4.78, 5) is 11.9. The topological polar surface area (TPSA) is 72.0 Å². The Labute approximate surface area is 176 Å². The van der Waals surface area contributed by atoms with Gasteiger partial charge in [-0.2, -0.15) is 5.10 Å². The summed E-state index contributed by atoms with van der Waals surface area (Å²) in [6.45, 7) is 2.60. The monoisotopic (exact) mass is 403 g/mol. The fourth-order valence-electron chi connectivity index (χ4n) is 2.69. The minimum Gasteiger partial charge on any atom is -0.493 e. The van der Waals surface area contributed by atoms with Gasteiger partial charge in [0.05, 0.1) is 19.9 Å². The zero-order valence-electron chi connectivity index (χ0n) is 17.1. The third-order valence-corrected chi connectivity index (χ3v) is 4.33. The van der Waals surface area contributed by atoms with Crippen molar-refractivity contribution in [2.75, 3.05) is 19.0 Å². The van der Waals surface area contributed by atoms with Crippen molar-refractivity contribution in [1.29, 1.82) is 0 Å². The van der Waals surface area contributed by atoms with Crippen LogP contribution in [-0.2, 0) is 11.4 Å². The predicted molar refractivity (Wildman–Crippen MR) is 119 cm³/mol. The first-order valence-electron chi connectivity index (χ1n) is 9.61. The number of methoxy groups -OCH3 is 1. The number of hydrogen-bond donors (Lipinski definition) is 2. The fourth-order valence-corrected chi connectivity index (χ4v) is 2.69. The maximum absolute atomic E-state index is 11.9. The van der Waals surface area contributed by atoms with Gasteiger partial charge in [-0.25, -0.2) is 5.43 Å². The molecule has 0 aliphatic rings. The molecule has 0 saturated heterocycles. The number of carbonyl (C=O) groups is 1. The quantitative estimate of drug-likeness (QED) is 0.416. The highest BCUT2D eigenvalue weighted by Crippen LogP contribution is 2.28. The van der Waals surface area contributed by atoms with Crippen molar-refractivity contribution in [3.8, 4) is 11.5 Å². The van der Waals surface area contributed by atoms with E-state index in [2.05, 4.69) is 15.8 Å². The lowest BCUT2D eigenvalue weighted by molar-refractivity contribution is -0.119. The molecule has 1 amide bonds. The molecule has 3 aromatic rings. The Balaban J connectivity index is 1.50. The number of hydrazone groups is 1. The minimum absolute atomic E-state index is 0.135. The lowest BCUT2D eigenvalue weighted by Crippen LogP contribution is -2.25. The van der Waals surface area contributed by atoms with Crippen molar-refractivity contribution in [3.63, 3.8) is 0 Å². The fraction of sp³-hybridized carbons (Fsp3) is 0.167. The highest BCUT2D eigenvalue weighted by molar-refractivity contribution is 5.84. The number of aryl methyl sites for hydroxylation is 1. The summed E-state index contributed by atoms with van der Waals surface area (Å²) >= 11 is 0. The molecule has 0 fully saturated rings. The molecule has 6 heteroatoms. The molecule has 0 atom stereocenters. The van der Waals surface area contributed by atoms with E-state index in [1.807, 2.05) is 73.7 Å². The maximum Gasteiger partial charge on any atom is 0.259 e. The minimum atomic E-state index is -0.235. The van der Waals surface area contributed by atoms with Crippen molar-refractivity contribution >= 4 is 17.8 Å². The third-order valence-electron chi connectivity index (χ3n) is 4.33. The van der Waals surface area contributed by atoms with Crippen LogP contribution in [0.25, 0.3) is 0 Å². The van der Waals surface area contributed by atoms with Crippen LogP contribution in [0, 0.1) is 6.92 Å². The van der Waals surface area contributed by atoms with Gasteiger partial charge in [-0.05, 0) is 48.4 Å². The van der Waals surface area contributed by atoms with Gasteiger partial charge < -0.3 is 14.8 Å². The number of rotatable bonds is 9. The molecule has 6 nitrogen and oxygen atoms in total. The summed E-state index contributed by atoms with van der Waals surface area (Å²) in [5.41, 5.74) is 6.42. The Kier molecular flexibility index (Phi) is 7.44. The van der Waals surface area contributed by atoms with E-state index in [0.29, 0.717) is 18.1 Å². The molecule has 0 saturated carbocycles. The summed E-state index contributed by atoms with van der Waals surface area (Å²) in [6.07, 6.45) is 1.56. The van der Waals surface area contributed by atoms with Crippen molar-refractivity contribution in [2.45, 2.75) is 13.5 Å². The van der Waals surface area contributed by atoms with Crippen molar-refractivity contribution < 1.29 is 14.3 Å². The highest BCUT2D eigenvalue weighted by Gasteiger charge is 2.06. The van der Waals surface area contributed by atoms with Gasteiger partial charge in [-0.3, -0.25) is 4.79 Å². The molecule has 0 radical (unpaired) electrons. The number of benzene rings is 3. The Hall–Kier alpha value is -3.80. The molecular weight excluding hydrogens is 378 g/mol. The Morgan fingerprint density at radius 1 is 1.00 bits per heavy atom. The third kappa shape index (κ3) is 6.38. The molecule has 0 heterocycles. The summed E-state index contributed by atoms with van der Waals surface area (Å²) in [6, 6.07) is 23.2. The standard InChI is InChI=1S/C24H25N3O3/c1-18-8-11-21(12-9-18)25-16-24(28)27-26-15-20-10-13-22(23(14-20)29-2)30-17-19-6-4-3-5-7-19/h3-15,25H,16-17H2,1-2H3,(H,27,28). The summed E-state index contributed by atoms with van der Waals surface area (Å²) in [5.74, 6) is 1.01. The van der Waals surface area contributed by atoms with Crippen LogP contribution in [0.5, 0.6) is 11.5 Å². The van der Waals surface area contributed by atoms with Gasteiger partial charge in [0.15, 0.2) is 11.5 Å². The number of nitrogens with one attached hydrogen (secondary N) is 2. The van der Waals surface area contributed by atoms with Gasteiger partial charge in [0.25, 0.3) is 5.91 Å². The lowest BCUT2D eigenvalue weighted by Gasteiger charge is -2.11. The Morgan fingerprint density at radius 3 is 2.50 bits per heavy atom. The number of hydrogen-bond acceptors (Lipinski definition) is 5. The molecule has 3 aromatic carbocycles. The average Bonchev–Trinajstić information content (AvgIpc) is 2.78. The van der Waals surface area contributed by atoms with Gasteiger partial charge in [0, 0.05) is 5.69 Å². The van der Waals surface area contributed by atoms with Crippen molar-refractivity contribution in [1.82, 2.24) is 5.43 Å². The highest BCUT2D eigenvalue weighted by atomic mass is 16.5. The van der Waals surface area contributed by atoms with Gasteiger partial charge in [0.2, 0.25) is 0 Å². The van der Waals surface area contributed by atoms with E-state index in [9.17, 15) is 4.79 Å². The summed E-state index contributed by atoms with van der Waals surface area (Å²) in [5, 5.41) is 7.06. The van der Waals surface area contributed by atoms with E-state index in [1.165, 1.54) is 5.56 Å². The first-order chi connectivity index (χ1) is 14.6. The molecule has 0 spiro atoms. The first-order valence-corrected chi connectivity index (χ1v) is 9.61. The second kappa shape index (κ2) is 10.7. The number of anilines is 1. The van der Waals surface area contributed by atoms with E-state index in [4.69, 9.17) is 9.47 Å². The van der Waals surface area contributed by atoms with E-state index in [0.717, 1.165) is 16.8 Å². The second-order valence-corrected chi connectivity index (χ2v) is 6.70. The normalized spacial score (nSPS) is 10.6. The van der Waals surface area contributed by atoms with E-state index < -0.39 is 0 Å². The van der Waals surface area contributed by atoms with Gasteiger partial charge in [-0.15, -0.1) is 0 Å². The number of nitrogens with zero attached hydrogens (tertiary/aromatic N) is 1. The van der Waals surface area contributed by atoms with Gasteiger partial charge in [0.1, 0.15) is 6.61 Å². The smallest absolute Gasteiger partial charge is 0.259 e. The number of amides is 1. The molecule has 0 bridgehead atoms. The molecule has 0 unspecified atom stereocenters. The second-order valence-electron chi connectivity index (χ2n) is 6.70. The van der Waals surface area contributed by atoms with Crippen LogP contribution in [-0.4, -0.2) is 25.8 Å². The molecule has 2 N–H and O–H groups in total. The van der Waals surface area contributed by atoms with Crippen molar-refractivity contribution in [3.05, 3.63) is 89.5 Å². The largest absolute Gasteiger partial charge is 0.493 e. The van der Waals surface area contributed by atoms with Crippen LogP contribution >= 0.6 is 0 Å². The SMILES string of the molecule is COc1cc(C=NNC(=O)CNc2ccc(C)cc2)ccc1OCc1ccccc1. The van der Waals surface area contributed by atoms with Crippen LogP contribution in [0.2, 0.25) is 0 Å². The lowest BCUT2D eigenvalue weighted by atomic mass is 10.2. The molecule has 0 aliphatic heterocycles. The molecule has 0 aromatic heterocycles. The summed E-state index contributed by atoms with van der Waals surface area (Å²) in [7, 11) is 1.59. The van der Waals surface area contributed by atoms with Crippen LogP contribution < -0.4 is 20.2 Å². The maximum atomic E-state index is 11.9. The van der Waals surface area contributed by atoms with Crippen LogP contribution in [0.1, 0.15) is 16.7 Å². The zero-order valence-corrected chi connectivity index (χ0v) is 17.1. The van der Waals surface area contributed by atoms with E-state index >= 15 is 0 Å². The molecule has 0 aliphatic carbocycles. The average molecular weight is 403 g/mol. The first kappa shape index (κ1) is 20.9. The molecule has 3 rings (SSSR count). The number of ether oxygens (including phenoxy) is 2. The van der Waals surface area contributed by atoms with Crippen LogP contribution in [0.4, 0.5) is 5.69 Å². The van der Waals surface area contributed by atoms with Gasteiger partial charge >= 0.3 is 0 Å². The van der Waals surface area contributed by atoms with E-state index in [1.54, 1.807) is 19.4 Å². The molecule has 154 valence electrons. The Bertz CT molecular complexity index is 986. The number of carbonyl (C=O) groups excluding carboxylic acids is 1. The summed E-state index contributed by atoms with van der Waals surface area (Å²) < 4.78 is 11.3. The van der Waals surface area contributed by atoms with Crippen LogP contribution in [0.3, 0.4) is 0 Å². The van der Waals surface area contributed by atoms with Gasteiger partial charge in [-0.1, -0.05) is 48.0 Å². The molecule has 30 heavy (non-hydrogen) atoms. The Morgan fingerprint density at radius 2 is 1.77 bits per heavy atom.